The minimum atomic E-state index is -0.469. The molecule has 0 aromatic carbocycles. The van der Waals surface area contributed by atoms with Gasteiger partial charge < -0.3 is 10.2 Å². The summed E-state index contributed by atoms with van der Waals surface area (Å²) < 4.78 is 0. The smallest absolute Gasteiger partial charge is 0.321 e. The number of imide groups is 1. The van der Waals surface area contributed by atoms with Gasteiger partial charge in [-0.15, -0.1) is 11.3 Å². The molecule has 1 aromatic rings. The first-order valence-corrected chi connectivity index (χ1v) is 7.41. The van der Waals surface area contributed by atoms with Crippen LogP contribution in [0.15, 0.2) is 11.6 Å². The van der Waals surface area contributed by atoms with Crippen molar-refractivity contribution < 1.29 is 9.59 Å². The summed E-state index contributed by atoms with van der Waals surface area (Å²) in [5, 5.41) is 7.67. The van der Waals surface area contributed by atoms with Crippen LogP contribution in [0, 0.1) is 0 Å². The fourth-order valence-electron chi connectivity index (χ4n) is 2.12. The normalized spacial score (nSPS) is 17.6. The minimum absolute atomic E-state index is 0.271. The number of urea groups is 1. The summed E-state index contributed by atoms with van der Waals surface area (Å²) in [6.45, 7) is 5.05. The summed E-state index contributed by atoms with van der Waals surface area (Å²) in [7, 11) is 1.49. The first kappa shape index (κ1) is 14.7. The number of carbonyl (C=O) groups excluding carboxylic acids is 2. The number of anilines is 1. The standard InChI is InChI=1S/C12H19N5O2S/c1-9(10(18)15-11(19)13-2)16-4-6-17(7-5-16)12-14-3-8-20-12/h3,8-9H,4-7H2,1-2H3,(H2,13,15,18,19)/t9-/m0/s1. The second kappa shape index (κ2) is 6.67. The van der Waals surface area contributed by atoms with E-state index in [1.165, 1.54) is 7.05 Å². The number of hydrogen-bond acceptors (Lipinski definition) is 6. The highest BCUT2D eigenvalue weighted by atomic mass is 32.1. The molecule has 1 aliphatic rings. The molecule has 2 rings (SSSR count). The highest BCUT2D eigenvalue weighted by Gasteiger charge is 2.26. The lowest BCUT2D eigenvalue weighted by atomic mass is 10.2. The van der Waals surface area contributed by atoms with Crippen LogP contribution in [0.1, 0.15) is 6.92 Å². The molecule has 0 bridgehead atoms. The van der Waals surface area contributed by atoms with Crippen LogP contribution >= 0.6 is 11.3 Å². The number of piperazine rings is 1. The molecule has 0 saturated carbocycles. The SMILES string of the molecule is CNC(=O)NC(=O)[C@H](C)N1CCN(c2nccs2)CC1. The number of rotatable bonds is 3. The van der Waals surface area contributed by atoms with Gasteiger partial charge in [-0.05, 0) is 6.92 Å². The van der Waals surface area contributed by atoms with Gasteiger partial charge in [0.15, 0.2) is 5.13 Å². The molecule has 0 aliphatic carbocycles. The summed E-state index contributed by atoms with van der Waals surface area (Å²) in [5.74, 6) is -0.271. The summed E-state index contributed by atoms with van der Waals surface area (Å²) in [6, 6.07) is -0.783. The van der Waals surface area contributed by atoms with E-state index in [1.54, 1.807) is 17.5 Å². The van der Waals surface area contributed by atoms with Crippen LogP contribution < -0.4 is 15.5 Å². The maximum absolute atomic E-state index is 11.9. The number of hydrogen-bond donors (Lipinski definition) is 2. The predicted molar refractivity (Wildman–Crippen MR) is 78.0 cm³/mol. The van der Waals surface area contributed by atoms with E-state index in [0.717, 1.165) is 31.3 Å². The molecule has 0 radical (unpaired) electrons. The van der Waals surface area contributed by atoms with E-state index in [9.17, 15) is 9.59 Å². The van der Waals surface area contributed by atoms with E-state index in [-0.39, 0.29) is 11.9 Å². The molecular formula is C12H19N5O2S. The van der Waals surface area contributed by atoms with Crippen LogP contribution in [0.25, 0.3) is 0 Å². The van der Waals surface area contributed by atoms with Crippen molar-refractivity contribution >= 4 is 28.4 Å². The summed E-state index contributed by atoms with van der Waals surface area (Å²) in [6.07, 6.45) is 1.80. The van der Waals surface area contributed by atoms with Gasteiger partial charge in [0.1, 0.15) is 0 Å². The van der Waals surface area contributed by atoms with Crippen LogP contribution in [-0.4, -0.2) is 61.1 Å². The van der Waals surface area contributed by atoms with E-state index in [4.69, 9.17) is 0 Å². The highest BCUT2D eigenvalue weighted by molar-refractivity contribution is 7.13. The van der Waals surface area contributed by atoms with Crippen LogP contribution in [-0.2, 0) is 4.79 Å². The van der Waals surface area contributed by atoms with E-state index in [0.29, 0.717) is 0 Å². The monoisotopic (exact) mass is 297 g/mol. The summed E-state index contributed by atoms with van der Waals surface area (Å²) in [4.78, 5) is 31.6. The Morgan fingerprint density at radius 2 is 2.05 bits per heavy atom. The third-order valence-corrected chi connectivity index (χ3v) is 4.23. The van der Waals surface area contributed by atoms with Gasteiger partial charge in [-0.25, -0.2) is 9.78 Å². The molecule has 110 valence electrons. The first-order valence-electron chi connectivity index (χ1n) is 6.53. The Hall–Kier alpha value is -1.67. The molecule has 2 heterocycles. The Kier molecular flexibility index (Phi) is 4.91. The van der Waals surface area contributed by atoms with Crippen molar-refractivity contribution in [3.05, 3.63) is 11.6 Å². The van der Waals surface area contributed by atoms with Gasteiger partial charge in [-0.3, -0.25) is 15.0 Å². The van der Waals surface area contributed by atoms with Crippen molar-refractivity contribution in [1.29, 1.82) is 0 Å². The number of aromatic nitrogens is 1. The molecule has 20 heavy (non-hydrogen) atoms. The van der Waals surface area contributed by atoms with Gasteiger partial charge in [0.05, 0.1) is 6.04 Å². The maximum atomic E-state index is 11.9. The quantitative estimate of drug-likeness (QED) is 0.828. The van der Waals surface area contributed by atoms with Crippen molar-refractivity contribution in [2.75, 3.05) is 38.1 Å². The third-order valence-electron chi connectivity index (χ3n) is 3.40. The van der Waals surface area contributed by atoms with Crippen LogP contribution in [0.5, 0.6) is 0 Å². The molecule has 1 aromatic heterocycles. The molecular weight excluding hydrogens is 278 g/mol. The molecule has 7 nitrogen and oxygen atoms in total. The van der Waals surface area contributed by atoms with E-state index >= 15 is 0 Å². The summed E-state index contributed by atoms with van der Waals surface area (Å²) in [5.41, 5.74) is 0. The molecule has 0 spiro atoms. The first-order chi connectivity index (χ1) is 9.61. The van der Waals surface area contributed by atoms with Crippen molar-refractivity contribution in [1.82, 2.24) is 20.5 Å². The Balaban J connectivity index is 1.84. The summed E-state index contributed by atoms with van der Waals surface area (Å²) >= 11 is 1.62. The second-order valence-electron chi connectivity index (χ2n) is 4.58. The molecule has 0 unspecified atom stereocenters. The lowest BCUT2D eigenvalue weighted by molar-refractivity contribution is -0.124. The number of nitrogens with one attached hydrogen (secondary N) is 2. The van der Waals surface area contributed by atoms with E-state index in [1.807, 2.05) is 12.3 Å². The number of nitrogens with zero attached hydrogens (tertiary/aromatic N) is 3. The van der Waals surface area contributed by atoms with Gasteiger partial charge in [0.25, 0.3) is 0 Å². The largest absolute Gasteiger partial charge is 0.346 e. The van der Waals surface area contributed by atoms with Crippen LogP contribution in [0.2, 0.25) is 0 Å². The minimum Gasteiger partial charge on any atom is -0.346 e. The number of carbonyl (C=O) groups is 2. The maximum Gasteiger partial charge on any atom is 0.321 e. The Bertz CT molecular complexity index is 456. The number of amides is 3. The Morgan fingerprint density at radius 1 is 1.35 bits per heavy atom. The molecule has 2 N–H and O–H groups in total. The van der Waals surface area contributed by atoms with Crippen LogP contribution in [0.4, 0.5) is 9.93 Å². The van der Waals surface area contributed by atoms with Crippen LogP contribution in [0.3, 0.4) is 0 Å². The zero-order chi connectivity index (χ0) is 14.5. The van der Waals surface area contributed by atoms with E-state index in [2.05, 4.69) is 25.4 Å². The second-order valence-corrected chi connectivity index (χ2v) is 5.46. The van der Waals surface area contributed by atoms with Crippen molar-refractivity contribution in [2.24, 2.45) is 0 Å². The van der Waals surface area contributed by atoms with Gasteiger partial charge in [-0.2, -0.15) is 0 Å². The average Bonchev–Trinajstić information content (AvgIpc) is 3.00. The van der Waals surface area contributed by atoms with Gasteiger partial charge in [0, 0.05) is 44.8 Å². The lowest BCUT2D eigenvalue weighted by Gasteiger charge is -2.37. The fourth-order valence-corrected chi connectivity index (χ4v) is 2.81. The lowest BCUT2D eigenvalue weighted by Crippen LogP contribution is -2.55. The van der Waals surface area contributed by atoms with Gasteiger partial charge >= 0.3 is 6.03 Å². The highest BCUT2D eigenvalue weighted by Crippen LogP contribution is 2.19. The predicted octanol–water partition coefficient (Wildman–Crippen LogP) is 0.109. The fraction of sp³-hybridized carbons (Fsp3) is 0.583. The molecule has 8 heteroatoms. The average molecular weight is 297 g/mol. The van der Waals surface area contributed by atoms with Gasteiger partial charge in [0.2, 0.25) is 5.91 Å². The Morgan fingerprint density at radius 3 is 2.60 bits per heavy atom. The molecule has 1 saturated heterocycles. The zero-order valence-corrected chi connectivity index (χ0v) is 12.4. The molecule has 1 fully saturated rings. The zero-order valence-electron chi connectivity index (χ0n) is 11.6. The molecule has 1 atom stereocenters. The van der Waals surface area contributed by atoms with E-state index < -0.39 is 6.03 Å². The van der Waals surface area contributed by atoms with Crippen molar-refractivity contribution in [2.45, 2.75) is 13.0 Å². The topological polar surface area (TPSA) is 77.6 Å². The van der Waals surface area contributed by atoms with Crippen molar-refractivity contribution in [3.63, 3.8) is 0 Å². The number of thiazole rings is 1. The third kappa shape index (κ3) is 3.45. The molecule has 3 amide bonds. The Labute approximate surface area is 122 Å². The van der Waals surface area contributed by atoms with Crippen molar-refractivity contribution in [3.8, 4) is 0 Å². The van der Waals surface area contributed by atoms with Gasteiger partial charge in [-0.1, -0.05) is 0 Å². The molecule has 1 aliphatic heterocycles.